The Hall–Kier alpha value is -3.38. The van der Waals surface area contributed by atoms with Crippen molar-refractivity contribution in [1.82, 2.24) is 9.80 Å². The molecule has 3 aromatic carbocycles. The van der Waals surface area contributed by atoms with E-state index in [0.29, 0.717) is 29.4 Å². The maximum absolute atomic E-state index is 13.9. The van der Waals surface area contributed by atoms with Crippen LogP contribution in [0.1, 0.15) is 48.8 Å². The van der Waals surface area contributed by atoms with Crippen LogP contribution in [0, 0.1) is 11.6 Å². The first-order valence-electron chi connectivity index (χ1n) is 12.7. The van der Waals surface area contributed by atoms with Crippen molar-refractivity contribution in [2.24, 2.45) is 4.99 Å². The van der Waals surface area contributed by atoms with Gasteiger partial charge in [0.05, 0.1) is 0 Å². The van der Waals surface area contributed by atoms with Crippen LogP contribution in [0.2, 0.25) is 0 Å². The molecule has 2 aliphatic heterocycles. The van der Waals surface area contributed by atoms with E-state index in [2.05, 4.69) is 35.2 Å². The number of hydrogen-bond donors (Lipinski definition) is 0. The highest BCUT2D eigenvalue weighted by molar-refractivity contribution is 6.09. The largest absolute Gasteiger partial charge is 0.303 e. The van der Waals surface area contributed by atoms with Crippen LogP contribution in [-0.2, 0) is 10.3 Å². The predicted octanol–water partition coefficient (Wildman–Crippen LogP) is 5.74. The van der Waals surface area contributed by atoms with E-state index in [4.69, 9.17) is 4.99 Å². The summed E-state index contributed by atoms with van der Waals surface area (Å²) in [6.45, 7) is 5.40. The average Bonchev–Trinajstić information content (AvgIpc) is 3.16. The van der Waals surface area contributed by atoms with Crippen LogP contribution in [0.15, 0.2) is 83.9 Å². The molecule has 0 radical (unpaired) electrons. The van der Waals surface area contributed by atoms with Crippen LogP contribution in [0.3, 0.4) is 0 Å². The summed E-state index contributed by atoms with van der Waals surface area (Å²) in [4.78, 5) is 22.9. The van der Waals surface area contributed by atoms with E-state index >= 15 is 0 Å². The van der Waals surface area contributed by atoms with Crippen LogP contribution in [0.4, 0.5) is 8.78 Å². The van der Waals surface area contributed by atoms with Crippen molar-refractivity contribution in [3.8, 4) is 0 Å². The second kappa shape index (κ2) is 10.3. The number of hydrogen-bond acceptors (Lipinski definition) is 3. The monoisotopic (exact) mass is 487 g/mol. The van der Waals surface area contributed by atoms with Crippen molar-refractivity contribution in [2.75, 3.05) is 26.2 Å². The Morgan fingerprint density at radius 1 is 0.833 bits per heavy atom. The number of halogens is 2. The summed E-state index contributed by atoms with van der Waals surface area (Å²) >= 11 is 0. The van der Waals surface area contributed by atoms with E-state index in [1.807, 2.05) is 6.92 Å². The van der Waals surface area contributed by atoms with E-state index < -0.39 is 5.54 Å². The molecule has 6 heteroatoms. The molecule has 2 heterocycles. The number of piperidine rings is 1. The van der Waals surface area contributed by atoms with Crippen LogP contribution in [0.5, 0.6) is 0 Å². The van der Waals surface area contributed by atoms with Gasteiger partial charge in [-0.1, -0.05) is 54.6 Å². The normalized spacial score (nSPS) is 18.5. The summed E-state index contributed by atoms with van der Waals surface area (Å²) in [5.41, 5.74) is 1.24. The van der Waals surface area contributed by atoms with Crippen molar-refractivity contribution in [1.29, 1.82) is 0 Å². The molecule has 0 bridgehead atoms. The molecule has 0 N–H and O–H groups in total. The number of carbonyl (C=O) groups is 1. The van der Waals surface area contributed by atoms with Crippen LogP contribution < -0.4 is 0 Å². The standard InChI is InChI=1S/C30H31F2N3O/c1-22-33-30(25-8-12-27(31)13-9-25,26-10-14-28(32)15-11-26)29(36)35(22)19-5-18-34-20-16-24(17-21-34)23-6-3-2-4-7-23/h2-4,6-15,24H,5,16-21H2,1H3. The van der Waals surface area contributed by atoms with Crippen LogP contribution in [-0.4, -0.2) is 47.7 Å². The molecule has 3 aromatic rings. The van der Waals surface area contributed by atoms with Crippen molar-refractivity contribution >= 4 is 11.7 Å². The van der Waals surface area contributed by atoms with Gasteiger partial charge in [0.15, 0.2) is 5.54 Å². The van der Waals surface area contributed by atoms with E-state index in [1.54, 1.807) is 29.2 Å². The molecule has 0 aromatic heterocycles. The molecule has 186 valence electrons. The zero-order chi connectivity index (χ0) is 25.1. The molecule has 1 amide bonds. The van der Waals surface area contributed by atoms with Crippen molar-refractivity contribution in [3.05, 3.63) is 107 Å². The van der Waals surface area contributed by atoms with Crippen LogP contribution >= 0.6 is 0 Å². The quantitative estimate of drug-likeness (QED) is 0.426. The highest BCUT2D eigenvalue weighted by atomic mass is 19.1. The zero-order valence-corrected chi connectivity index (χ0v) is 20.5. The van der Waals surface area contributed by atoms with Crippen LogP contribution in [0.25, 0.3) is 0 Å². The molecule has 36 heavy (non-hydrogen) atoms. The van der Waals surface area contributed by atoms with E-state index in [-0.39, 0.29) is 17.5 Å². The van der Waals surface area contributed by atoms with Gasteiger partial charge in [0, 0.05) is 6.54 Å². The smallest absolute Gasteiger partial charge is 0.265 e. The number of amidine groups is 1. The molecule has 1 saturated heterocycles. The van der Waals surface area contributed by atoms with Crippen molar-refractivity contribution in [3.63, 3.8) is 0 Å². The van der Waals surface area contributed by atoms with Gasteiger partial charge in [-0.3, -0.25) is 9.69 Å². The number of nitrogens with zero attached hydrogens (tertiary/aromatic N) is 3. The minimum atomic E-state index is -1.33. The number of benzene rings is 3. The lowest BCUT2D eigenvalue weighted by Crippen LogP contribution is -2.43. The van der Waals surface area contributed by atoms with Gasteiger partial charge in [-0.15, -0.1) is 0 Å². The zero-order valence-electron chi connectivity index (χ0n) is 20.5. The first kappa shape index (κ1) is 24.3. The summed E-state index contributed by atoms with van der Waals surface area (Å²) in [6, 6.07) is 22.4. The van der Waals surface area contributed by atoms with Gasteiger partial charge in [-0.2, -0.15) is 0 Å². The fraction of sp³-hybridized carbons (Fsp3) is 0.333. The lowest BCUT2D eigenvalue weighted by atomic mass is 9.82. The summed E-state index contributed by atoms with van der Waals surface area (Å²) in [5.74, 6) is 0.292. The topological polar surface area (TPSA) is 35.9 Å². The van der Waals surface area contributed by atoms with Crippen molar-refractivity contribution < 1.29 is 13.6 Å². The van der Waals surface area contributed by atoms with Gasteiger partial charge in [0.1, 0.15) is 17.5 Å². The highest BCUT2D eigenvalue weighted by Crippen LogP contribution is 2.40. The SMILES string of the molecule is CC1=NC(c2ccc(F)cc2)(c2ccc(F)cc2)C(=O)N1CCCN1CCC(c2ccccc2)CC1. The second-order valence-electron chi connectivity index (χ2n) is 9.72. The van der Waals surface area contributed by atoms with Gasteiger partial charge in [-0.25, -0.2) is 13.8 Å². The third kappa shape index (κ3) is 4.70. The molecule has 4 nitrogen and oxygen atoms in total. The molecule has 2 aliphatic rings. The Balaban J connectivity index is 1.26. The molecule has 0 spiro atoms. The van der Waals surface area contributed by atoms with Gasteiger partial charge >= 0.3 is 0 Å². The Labute approximate surface area is 211 Å². The lowest BCUT2D eigenvalue weighted by Gasteiger charge is -2.33. The highest BCUT2D eigenvalue weighted by Gasteiger charge is 2.49. The summed E-state index contributed by atoms with van der Waals surface area (Å²) < 4.78 is 27.4. The fourth-order valence-electron chi connectivity index (χ4n) is 5.55. The minimum absolute atomic E-state index is 0.180. The number of amides is 1. The summed E-state index contributed by atoms with van der Waals surface area (Å²) in [6.07, 6.45) is 3.12. The van der Waals surface area contributed by atoms with Gasteiger partial charge in [0.25, 0.3) is 5.91 Å². The first-order valence-corrected chi connectivity index (χ1v) is 12.7. The molecule has 0 aliphatic carbocycles. The average molecular weight is 488 g/mol. The Kier molecular flexibility index (Phi) is 6.97. The van der Waals surface area contributed by atoms with E-state index in [9.17, 15) is 13.6 Å². The van der Waals surface area contributed by atoms with E-state index in [0.717, 1.165) is 38.9 Å². The Morgan fingerprint density at radius 3 is 1.94 bits per heavy atom. The maximum Gasteiger partial charge on any atom is 0.265 e. The molecular formula is C30H31F2N3O. The molecule has 1 fully saturated rings. The van der Waals surface area contributed by atoms with Gasteiger partial charge < -0.3 is 4.90 Å². The second-order valence-corrected chi connectivity index (χ2v) is 9.72. The number of aliphatic imine (C=N–C) groups is 1. The third-order valence-electron chi connectivity index (χ3n) is 7.51. The predicted molar refractivity (Wildman–Crippen MR) is 138 cm³/mol. The molecular weight excluding hydrogens is 456 g/mol. The third-order valence-corrected chi connectivity index (χ3v) is 7.51. The molecule has 0 saturated carbocycles. The number of likely N-dealkylation sites (tertiary alicyclic amines) is 1. The maximum atomic E-state index is 13.9. The summed E-state index contributed by atoms with van der Waals surface area (Å²) in [7, 11) is 0. The Morgan fingerprint density at radius 2 is 1.39 bits per heavy atom. The Bertz CT molecular complexity index is 1170. The number of rotatable bonds is 7. The fourth-order valence-corrected chi connectivity index (χ4v) is 5.55. The molecule has 0 unspecified atom stereocenters. The van der Waals surface area contributed by atoms with E-state index in [1.165, 1.54) is 29.8 Å². The first-order chi connectivity index (χ1) is 17.5. The molecule has 0 atom stereocenters. The summed E-state index contributed by atoms with van der Waals surface area (Å²) in [5, 5.41) is 0. The van der Waals surface area contributed by atoms with Gasteiger partial charge in [0.2, 0.25) is 0 Å². The number of carbonyl (C=O) groups excluding carboxylic acids is 1. The lowest BCUT2D eigenvalue weighted by molar-refractivity contribution is -0.130. The van der Waals surface area contributed by atoms with Gasteiger partial charge in [-0.05, 0) is 92.7 Å². The minimum Gasteiger partial charge on any atom is -0.303 e. The molecule has 5 rings (SSSR count). The van der Waals surface area contributed by atoms with Crippen molar-refractivity contribution in [2.45, 2.75) is 37.6 Å².